The van der Waals surface area contributed by atoms with E-state index < -0.39 is 0 Å². The highest BCUT2D eigenvalue weighted by Crippen LogP contribution is 2.28. The fraction of sp³-hybridized carbons (Fsp3) is 0.600. The van der Waals surface area contributed by atoms with Crippen molar-refractivity contribution < 1.29 is 9.47 Å². The fourth-order valence-corrected chi connectivity index (χ4v) is 2.26. The number of benzene rings is 1. The number of anilines is 1. The minimum atomic E-state index is -0.223. The lowest BCUT2D eigenvalue weighted by molar-refractivity contribution is -0.207. The molecule has 0 aliphatic carbocycles. The number of rotatable bonds is 4. The van der Waals surface area contributed by atoms with Crippen LogP contribution >= 0.6 is 0 Å². The summed E-state index contributed by atoms with van der Waals surface area (Å²) < 4.78 is 11.6. The molecule has 100 valence electrons. The Hall–Kier alpha value is -1.06. The second-order valence-corrected chi connectivity index (χ2v) is 5.28. The van der Waals surface area contributed by atoms with Gasteiger partial charge in [0.15, 0.2) is 6.29 Å². The standard InChI is InChI=1S/C15H23NO2/c1-3-11(2)8-12-9-17-15(18-10-12)13-4-6-14(16)7-5-13/h4-7,11-12,15H,3,8-10,16H2,1-2H3. The largest absolute Gasteiger partial charge is 0.399 e. The molecule has 3 nitrogen and oxygen atoms in total. The monoisotopic (exact) mass is 249 g/mol. The van der Waals surface area contributed by atoms with Crippen molar-refractivity contribution in [2.45, 2.75) is 33.0 Å². The highest BCUT2D eigenvalue weighted by atomic mass is 16.7. The van der Waals surface area contributed by atoms with Crippen LogP contribution < -0.4 is 5.73 Å². The van der Waals surface area contributed by atoms with Crippen LogP contribution in [0.5, 0.6) is 0 Å². The van der Waals surface area contributed by atoms with E-state index in [4.69, 9.17) is 15.2 Å². The third-order valence-corrected chi connectivity index (χ3v) is 3.61. The number of nitrogens with two attached hydrogens (primary N) is 1. The van der Waals surface area contributed by atoms with E-state index in [0.717, 1.165) is 30.4 Å². The molecule has 2 rings (SSSR count). The summed E-state index contributed by atoms with van der Waals surface area (Å²) in [5, 5.41) is 0. The SMILES string of the molecule is CCC(C)CC1COC(c2ccc(N)cc2)OC1. The molecule has 1 heterocycles. The number of hydrogen-bond acceptors (Lipinski definition) is 3. The van der Waals surface area contributed by atoms with Crippen molar-refractivity contribution in [3.8, 4) is 0 Å². The molecule has 1 aliphatic heterocycles. The van der Waals surface area contributed by atoms with Gasteiger partial charge in [-0.25, -0.2) is 0 Å². The average Bonchev–Trinajstić information content (AvgIpc) is 2.40. The molecule has 0 saturated carbocycles. The van der Waals surface area contributed by atoms with Crippen LogP contribution in [-0.2, 0) is 9.47 Å². The molecular formula is C15H23NO2. The van der Waals surface area contributed by atoms with Crippen LogP contribution in [0.4, 0.5) is 5.69 Å². The highest BCUT2D eigenvalue weighted by Gasteiger charge is 2.24. The summed E-state index contributed by atoms with van der Waals surface area (Å²) in [5.74, 6) is 1.28. The summed E-state index contributed by atoms with van der Waals surface area (Å²) >= 11 is 0. The van der Waals surface area contributed by atoms with Gasteiger partial charge in [0.25, 0.3) is 0 Å². The highest BCUT2D eigenvalue weighted by molar-refractivity contribution is 5.39. The van der Waals surface area contributed by atoms with Gasteiger partial charge in [0, 0.05) is 17.2 Å². The van der Waals surface area contributed by atoms with E-state index in [2.05, 4.69) is 13.8 Å². The lowest BCUT2D eigenvalue weighted by Crippen LogP contribution is -2.28. The van der Waals surface area contributed by atoms with E-state index >= 15 is 0 Å². The lowest BCUT2D eigenvalue weighted by atomic mass is 9.94. The van der Waals surface area contributed by atoms with E-state index in [0.29, 0.717) is 5.92 Å². The second-order valence-electron chi connectivity index (χ2n) is 5.28. The summed E-state index contributed by atoms with van der Waals surface area (Å²) in [6, 6.07) is 7.70. The topological polar surface area (TPSA) is 44.5 Å². The first-order valence-electron chi connectivity index (χ1n) is 6.77. The zero-order valence-corrected chi connectivity index (χ0v) is 11.3. The van der Waals surface area contributed by atoms with Crippen LogP contribution in [0.1, 0.15) is 38.5 Å². The molecule has 18 heavy (non-hydrogen) atoms. The van der Waals surface area contributed by atoms with E-state index in [1.165, 1.54) is 12.8 Å². The molecule has 3 heteroatoms. The van der Waals surface area contributed by atoms with Crippen LogP contribution in [0.25, 0.3) is 0 Å². The maximum absolute atomic E-state index is 5.80. The van der Waals surface area contributed by atoms with Gasteiger partial charge in [-0.05, 0) is 24.5 Å². The Morgan fingerprint density at radius 2 is 1.83 bits per heavy atom. The summed E-state index contributed by atoms with van der Waals surface area (Å²) in [5.41, 5.74) is 7.48. The summed E-state index contributed by atoms with van der Waals surface area (Å²) in [7, 11) is 0. The Balaban J connectivity index is 1.84. The molecule has 1 atom stereocenters. The quantitative estimate of drug-likeness (QED) is 0.832. The maximum Gasteiger partial charge on any atom is 0.183 e. The maximum atomic E-state index is 5.80. The molecule has 2 N–H and O–H groups in total. The van der Waals surface area contributed by atoms with Gasteiger partial charge in [0.2, 0.25) is 0 Å². The summed E-state index contributed by atoms with van der Waals surface area (Å²) in [4.78, 5) is 0. The van der Waals surface area contributed by atoms with Gasteiger partial charge >= 0.3 is 0 Å². The van der Waals surface area contributed by atoms with Crippen molar-refractivity contribution in [1.29, 1.82) is 0 Å². The Labute approximate surface area is 109 Å². The molecule has 1 unspecified atom stereocenters. The third kappa shape index (κ3) is 3.47. The van der Waals surface area contributed by atoms with Gasteiger partial charge in [-0.15, -0.1) is 0 Å². The van der Waals surface area contributed by atoms with E-state index in [9.17, 15) is 0 Å². The second kappa shape index (κ2) is 6.21. The smallest absolute Gasteiger partial charge is 0.183 e. The molecule has 0 amide bonds. The summed E-state index contributed by atoms with van der Waals surface area (Å²) in [6.45, 7) is 6.09. The minimum absolute atomic E-state index is 0.223. The summed E-state index contributed by atoms with van der Waals surface area (Å²) in [6.07, 6.45) is 2.18. The van der Waals surface area contributed by atoms with E-state index in [-0.39, 0.29) is 6.29 Å². The normalized spacial score (nSPS) is 25.9. The van der Waals surface area contributed by atoms with Gasteiger partial charge in [-0.1, -0.05) is 32.4 Å². The fourth-order valence-electron chi connectivity index (χ4n) is 2.26. The van der Waals surface area contributed by atoms with Gasteiger partial charge < -0.3 is 15.2 Å². The minimum Gasteiger partial charge on any atom is -0.399 e. The lowest BCUT2D eigenvalue weighted by Gasteiger charge is -2.30. The number of ether oxygens (including phenoxy) is 2. The van der Waals surface area contributed by atoms with Crippen LogP contribution in [-0.4, -0.2) is 13.2 Å². The first kappa shape index (κ1) is 13.4. The zero-order chi connectivity index (χ0) is 13.0. The van der Waals surface area contributed by atoms with Crippen LogP contribution in [0.15, 0.2) is 24.3 Å². The molecule has 0 aromatic heterocycles. The average molecular weight is 249 g/mol. The Morgan fingerprint density at radius 1 is 1.22 bits per heavy atom. The molecule has 0 radical (unpaired) electrons. The van der Waals surface area contributed by atoms with Crippen molar-refractivity contribution in [3.05, 3.63) is 29.8 Å². The van der Waals surface area contributed by atoms with Crippen LogP contribution in [0.3, 0.4) is 0 Å². The number of hydrogen-bond donors (Lipinski definition) is 1. The van der Waals surface area contributed by atoms with Crippen LogP contribution in [0, 0.1) is 11.8 Å². The molecule has 1 aromatic rings. The molecule has 0 spiro atoms. The Kier molecular flexibility index (Phi) is 4.61. The molecule has 0 bridgehead atoms. The van der Waals surface area contributed by atoms with Crippen molar-refractivity contribution >= 4 is 5.69 Å². The first-order valence-corrected chi connectivity index (χ1v) is 6.77. The molecule has 1 fully saturated rings. The van der Waals surface area contributed by atoms with E-state index in [1.807, 2.05) is 24.3 Å². The van der Waals surface area contributed by atoms with Crippen LogP contribution in [0.2, 0.25) is 0 Å². The van der Waals surface area contributed by atoms with E-state index in [1.54, 1.807) is 0 Å². The van der Waals surface area contributed by atoms with Gasteiger partial charge in [-0.2, -0.15) is 0 Å². The zero-order valence-electron chi connectivity index (χ0n) is 11.3. The third-order valence-electron chi connectivity index (χ3n) is 3.61. The number of nitrogen functional groups attached to an aromatic ring is 1. The van der Waals surface area contributed by atoms with Crippen molar-refractivity contribution in [1.82, 2.24) is 0 Å². The Bertz CT molecular complexity index is 355. The van der Waals surface area contributed by atoms with Crippen molar-refractivity contribution in [2.24, 2.45) is 11.8 Å². The molecule has 1 aromatic carbocycles. The predicted molar refractivity (Wildman–Crippen MR) is 73.1 cm³/mol. The van der Waals surface area contributed by atoms with Crippen molar-refractivity contribution in [3.63, 3.8) is 0 Å². The predicted octanol–water partition coefficient (Wildman–Crippen LogP) is 3.37. The van der Waals surface area contributed by atoms with Gasteiger partial charge in [0.1, 0.15) is 0 Å². The Morgan fingerprint density at radius 3 is 2.39 bits per heavy atom. The molecular weight excluding hydrogens is 226 g/mol. The molecule has 1 saturated heterocycles. The van der Waals surface area contributed by atoms with Crippen molar-refractivity contribution in [2.75, 3.05) is 18.9 Å². The molecule has 1 aliphatic rings. The first-order chi connectivity index (χ1) is 8.69. The van der Waals surface area contributed by atoms with Gasteiger partial charge in [0.05, 0.1) is 13.2 Å². The van der Waals surface area contributed by atoms with Gasteiger partial charge in [-0.3, -0.25) is 0 Å².